The lowest BCUT2D eigenvalue weighted by molar-refractivity contribution is 0.474. The van der Waals surface area contributed by atoms with Crippen LogP contribution in [-0.2, 0) is 5.75 Å². The number of aromatic nitrogens is 2. The molecule has 2 aromatic rings. The highest BCUT2D eigenvalue weighted by Crippen LogP contribution is 2.27. The summed E-state index contributed by atoms with van der Waals surface area (Å²) in [5.41, 5.74) is 0. The molecular weight excluding hydrogens is 242 g/mol. The van der Waals surface area contributed by atoms with Crippen molar-refractivity contribution in [3.8, 4) is 5.75 Å². The number of anilines is 1. The monoisotopic (exact) mass is 253 g/mol. The molecule has 0 aliphatic carbocycles. The fourth-order valence-corrected chi connectivity index (χ4v) is 2.76. The second-order valence-electron chi connectivity index (χ2n) is 3.04. The zero-order valence-electron chi connectivity index (χ0n) is 8.67. The fraction of sp³-hybridized carbons (Fsp3) is 0.200. The largest absolute Gasteiger partial charge is 0.508 e. The van der Waals surface area contributed by atoms with E-state index in [1.807, 2.05) is 19.2 Å². The third-order valence-electron chi connectivity index (χ3n) is 1.86. The molecule has 0 amide bonds. The Hall–Kier alpha value is -1.27. The minimum absolute atomic E-state index is 0.290. The van der Waals surface area contributed by atoms with Crippen molar-refractivity contribution < 1.29 is 5.11 Å². The number of nitrogens with zero attached hydrogens (tertiary/aromatic N) is 2. The van der Waals surface area contributed by atoms with Gasteiger partial charge in [0.15, 0.2) is 0 Å². The lowest BCUT2D eigenvalue weighted by Crippen LogP contribution is -1.84. The maximum absolute atomic E-state index is 9.30. The predicted molar refractivity (Wildman–Crippen MR) is 67.1 cm³/mol. The molecule has 0 aliphatic rings. The quantitative estimate of drug-likeness (QED) is 0.820. The van der Waals surface area contributed by atoms with Gasteiger partial charge in [0.1, 0.15) is 10.8 Å². The third-order valence-corrected chi connectivity index (χ3v) is 3.99. The van der Waals surface area contributed by atoms with Gasteiger partial charge in [0.2, 0.25) is 5.13 Å². The fourth-order valence-electron chi connectivity index (χ4n) is 1.13. The highest BCUT2D eigenvalue weighted by Gasteiger charge is 2.03. The summed E-state index contributed by atoms with van der Waals surface area (Å²) < 4.78 is 0. The standard InChI is InChI=1S/C10H11N3OS2/c1-11-10-13-12-9(16-10)6-15-8-4-2-3-7(14)5-8/h2-5,14H,6H2,1H3,(H,11,13). The summed E-state index contributed by atoms with van der Waals surface area (Å²) in [6.07, 6.45) is 0. The molecular formula is C10H11N3OS2. The van der Waals surface area contributed by atoms with E-state index in [1.54, 1.807) is 23.9 Å². The van der Waals surface area contributed by atoms with E-state index in [2.05, 4.69) is 15.5 Å². The van der Waals surface area contributed by atoms with Gasteiger partial charge in [-0.25, -0.2) is 0 Å². The molecule has 84 valence electrons. The van der Waals surface area contributed by atoms with Crippen LogP contribution in [0.4, 0.5) is 5.13 Å². The number of nitrogens with one attached hydrogen (secondary N) is 1. The zero-order valence-corrected chi connectivity index (χ0v) is 10.3. The molecule has 1 aromatic heterocycles. The van der Waals surface area contributed by atoms with Crippen molar-refractivity contribution in [3.05, 3.63) is 29.3 Å². The van der Waals surface area contributed by atoms with Gasteiger partial charge in [-0.2, -0.15) is 0 Å². The molecule has 2 N–H and O–H groups in total. The smallest absolute Gasteiger partial charge is 0.205 e. The minimum atomic E-state index is 0.290. The first kappa shape index (κ1) is 11.2. The van der Waals surface area contributed by atoms with Crippen molar-refractivity contribution in [2.75, 3.05) is 12.4 Å². The van der Waals surface area contributed by atoms with Gasteiger partial charge in [-0.05, 0) is 18.2 Å². The second kappa shape index (κ2) is 5.18. The minimum Gasteiger partial charge on any atom is -0.508 e. The maximum atomic E-state index is 9.30. The van der Waals surface area contributed by atoms with Gasteiger partial charge in [0, 0.05) is 11.9 Å². The Morgan fingerprint density at radius 3 is 3.00 bits per heavy atom. The van der Waals surface area contributed by atoms with E-state index in [1.165, 1.54) is 11.3 Å². The lowest BCUT2D eigenvalue weighted by atomic mass is 10.3. The molecule has 0 fully saturated rings. The first-order chi connectivity index (χ1) is 7.78. The Morgan fingerprint density at radius 2 is 2.31 bits per heavy atom. The topological polar surface area (TPSA) is 58.0 Å². The normalized spacial score (nSPS) is 10.3. The summed E-state index contributed by atoms with van der Waals surface area (Å²) in [7, 11) is 1.83. The summed E-state index contributed by atoms with van der Waals surface area (Å²) in [4.78, 5) is 1.03. The second-order valence-corrected chi connectivity index (χ2v) is 5.15. The molecule has 0 radical (unpaired) electrons. The molecule has 2 rings (SSSR count). The SMILES string of the molecule is CNc1nnc(CSc2cccc(O)c2)s1. The van der Waals surface area contributed by atoms with Crippen molar-refractivity contribution in [2.45, 2.75) is 10.6 Å². The van der Waals surface area contributed by atoms with Crippen molar-refractivity contribution in [1.29, 1.82) is 0 Å². The Bertz CT molecular complexity index is 473. The van der Waals surface area contributed by atoms with E-state index < -0.39 is 0 Å². The van der Waals surface area contributed by atoms with Crippen LogP contribution in [0.3, 0.4) is 0 Å². The molecule has 0 atom stereocenters. The Labute approximate surface area is 102 Å². The maximum Gasteiger partial charge on any atom is 0.205 e. The zero-order chi connectivity index (χ0) is 11.4. The first-order valence-corrected chi connectivity index (χ1v) is 6.50. The molecule has 4 nitrogen and oxygen atoms in total. The van der Waals surface area contributed by atoms with E-state index in [9.17, 15) is 5.11 Å². The molecule has 0 aliphatic heterocycles. The summed E-state index contributed by atoms with van der Waals surface area (Å²) in [5.74, 6) is 1.06. The van der Waals surface area contributed by atoms with Crippen LogP contribution in [0.1, 0.15) is 5.01 Å². The van der Waals surface area contributed by atoms with Gasteiger partial charge in [0.05, 0.1) is 5.75 Å². The van der Waals surface area contributed by atoms with Gasteiger partial charge in [0.25, 0.3) is 0 Å². The molecule has 0 saturated heterocycles. The molecule has 1 heterocycles. The van der Waals surface area contributed by atoms with Crippen molar-refractivity contribution in [1.82, 2.24) is 10.2 Å². The van der Waals surface area contributed by atoms with Crippen LogP contribution in [-0.4, -0.2) is 22.4 Å². The highest BCUT2D eigenvalue weighted by atomic mass is 32.2. The Morgan fingerprint density at radius 1 is 1.44 bits per heavy atom. The van der Waals surface area contributed by atoms with Gasteiger partial charge in [-0.1, -0.05) is 17.4 Å². The average Bonchev–Trinajstić information content (AvgIpc) is 2.74. The van der Waals surface area contributed by atoms with Gasteiger partial charge in [-0.3, -0.25) is 0 Å². The number of phenolic OH excluding ortho intramolecular Hbond substituents is 1. The van der Waals surface area contributed by atoms with Crippen molar-refractivity contribution in [3.63, 3.8) is 0 Å². The molecule has 0 bridgehead atoms. The van der Waals surface area contributed by atoms with Crippen LogP contribution in [0, 0.1) is 0 Å². The summed E-state index contributed by atoms with van der Waals surface area (Å²) in [5, 5.41) is 22.1. The van der Waals surface area contributed by atoms with Crippen molar-refractivity contribution >= 4 is 28.2 Å². The van der Waals surface area contributed by atoms with Gasteiger partial charge in [-0.15, -0.1) is 22.0 Å². The van der Waals surface area contributed by atoms with Crippen LogP contribution < -0.4 is 5.32 Å². The number of hydrogen-bond donors (Lipinski definition) is 2. The van der Waals surface area contributed by atoms with Crippen LogP contribution in [0.2, 0.25) is 0 Å². The number of phenols is 1. The lowest BCUT2D eigenvalue weighted by Gasteiger charge is -1.98. The van der Waals surface area contributed by atoms with E-state index in [4.69, 9.17) is 0 Å². The number of hydrogen-bond acceptors (Lipinski definition) is 6. The van der Waals surface area contributed by atoms with Gasteiger partial charge < -0.3 is 10.4 Å². The van der Waals surface area contributed by atoms with Crippen LogP contribution >= 0.6 is 23.1 Å². The molecule has 0 spiro atoms. The number of aromatic hydroxyl groups is 1. The van der Waals surface area contributed by atoms with Gasteiger partial charge >= 0.3 is 0 Å². The van der Waals surface area contributed by atoms with Crippen LogP contribution in [0.5, 0.6) is 5.75 Å². The van der Waals surface area contributed by atoms with E-state index >= 15 is 0 Å². The van der Waals surface area contributed by atoms with Crippen LogP contribution in [0.25, 0.3) is 0 Å². The molecule has 6 heteroatoms. The molecule has 0 unspecified atom stereocenters. The summed E-state index contributed by atoms with van der Waals surface area (Å²) >= 11 is 3.17. The Balaban J connectivity index is 1.96. The molecule has 16 heavy (non-hydrogen) atoms. The summed E-state index contributed by atoms with van der Waals surface area (Å²) in [6, 6.07) is 7.19. The molecule has 0 saturated carbocycles. The van der Waals surface area contributed by atoms with E-state index in [0.29, 0.717) is 0 Å². The Kier molecular flexibility index (Phi) is 3.63. The third kappa shape index (κ3) is 2.86. The number of benzene rings is 1. The van der Waals surface area contributed by atoms with E-state index in [0.717, 1.165) is 20.8 Å². The van der Waals surface area contributed by atoms with Crippen molar-refractivity contribution in [2.24, 2.45) is 0 Å². The predicted octanol–water partition coefficient (Wildman–Crippen LogP) is 2.58. The average molecular weight is 253 g/mol. The highest BCUT2D eigenvalue weighted by molar-refractivity contribution is 7.98. The first-order valence-electron chi connectivity index (χ1n) is 4.70. The van der Waals surface area contributed by atoms with E-state index in [-0.39, 0.29) is 5.75 Å². The molecule has 1 aromatic carbocycles. The van der Waals surface area contributed by atoms with Crippen LogP contribution in [0.15, 0.2) is 29.2 Å². The number of thioether (sulfide) groups is 1. The summed E-state index contributed by atoms with van der Waals surface area (Å²) in [6.45, 7) is 0. The number of rotatable bonds is 4.